The third kappa shape index (κ3) is 9.23. The van der Waals surface area contributed by atoms with Crippen LogP contribution in [0, 0.1) is 5.82 Å². The van der Waals surface area contributed by atoms with E-state index in [9.17, 15) is 4.39 Å². The van der Waals surface area contributed by atoms with Gasteiger partial charge in [0.15, 0.2) is 5.96 Å². The molecule has 28 heavy (non-hydrogen) atoms. The van der Waals surface area contributed by atoms with E-state index in [0.717, 1.165) is 17.9 Å². The van der Waals surface area contributed by atoms with E-state index in [4.69, 9.17) is 14.2 Å². The fourth-order valence-corrected chi connectivity index (χ4v) is 2.27. The third-order valence-corrected chi connectivity index (χ3v) is 3.54. The second kappa shape index (κ2) is 14.0. The minimum atomic E-state index is -0.317. The number of aliphatic imine (C=N–C) groups is 1. The Balaban J connectivity index is 0.00000392. The van der Waals surface area contributed by atoms with Gasteiger partial charge in [-0.2, -0.15) is 0 Å². The number of nitrogens with one attached hydrogen (secondary N) is 2. The Labute approximate surface area is 182 Å². The van der Waals surface area contributed by atoms with Crippen LogP contribution in [0.25, 0.3) is 0 Å². The average Bonchev–Trinajstić information content (AvgIpc) is 2.68. The van der Waals surface area contributed by atoms with Crippen LogP contribution in [0.1, 0.15) is 6.42 Å². The van der Waals surface area contributed by atoms with Gasteiger partial charge in [-0.3, -0.25) is 4.99 Å². The summed E-state index contributed by atoms with van der Waals surface area (Å²) in [5.74, 6) is 1.57. The molecule has 2 aromatic carbocycles. The van der Waals surface area contributed by atoms with Crippen LogP contribution in [0.5, 0.6) is 11.5 Å². The van der Waals surface area contributed by atoms with Crippen molar-refractivity contribution in [2.75, 3.05) is 45.8 Å². The highest BCUT2D eigenvalue weighted by molar-refractivity contribution is 14.0. The lowest BCUT2D eigenvalue weighted by atomic mass is 10.3. The van der Waals surface area contributed by atoms with Gasteiger partial charge < -0.3 is 24.8 Å². The van der Waals surface area contributed by atoms with Gasteiger partial charge >= 0.3 is 0 Å². The maximum Gasteiger partial charge on any atom is 0.195 e. The van der Waals surface area contributed by atoms with Crippen molar-refractivity contribution in [3.8, 4) is 11.5 Å². The van der Waals surface area contributed by atoms with Crippen molar-refractivity contribution in [3.63, 3.8) is 0 Å². The number of nitrogens with zero attached hydrogens (tertiary/aromatic N) is 1. The second-order valence-electron chi connectivity index (χ2n) is 5.65. The van der Waals surface area contributed by atoms with Crippen molar-refractivity contribution in [2.24, 2.45) is 4.99 Å². The van der Waals surface area contributed by atoms with E-state index in [-0.39, 0.29) is 29.8 Å². The smallest absolute Gasteiger partial charge is 0.195 e. The van der Waals surface area contributed by atoms with Crippen LogP contribution >= 0.6 is 24.0 Å². The zero-order valence-corrected chi connectivity index (χ0v) is 18.4. The molecule has 0 spiro atoms. The number of hydrogen-bond donors (Lipinski definition) is 2. The van der Waals surface area contributed by atoms with Crippen LogP contribution in [0.3, 0.4) is 0 Å². The summed E-state index contributed by atoms with van der Waals surface area (Å²) in [6, 6.07) is 13.7. The highest BCUT2D eigenvalue weighted by atomic mass is 127. The fourth-order valence-electron chi connectivity index (χ4n) is 2.27. The molecular weight excluding hydrogens is 476 g/mol. The predicted molar refractivity (Wildman–Crippen MR) is 121 cm³/mol. The van der Waals surface area contributed by atoms with E-state index in [2.05, 4.69) is 15.6 Å². The standard InChI is InChI=1S/C20H26FN3O3.HI/c1-22-20(23-10-13-27-18-8-3-6-16(21)14-18)24-17-7-4-9-19(15-17)26-12-5-11-25-2;/h3-4,6-9,14-15H,5,10-13H2,1-2H3,(H2,22,23,24);1H. The van der Waals surface area contributed by atoms with Crippen molar-refractivity contribution in [3.05, 3.63) is 54.3 Å². The van der Waals surface area contributed by atoms with E-state index < -0.39 is 0 Å². The molecule has 0 aliphatic rings. The Kier molecular flexibility index (Phi) is 12.0. The number of hydrogen-bond acceptors (Lipinski definition) is 4. The van der Waals surface area contributed by atoms with E-state index in [1.165, 1.54) is 12.1 Å². The lowest BCUT2D eigenvalue weighted by molar-refractivity contribution is 0.172. The number of ether oxygens (including phenoxy) is 3. The van der Waals surface area contributed by atoms with E-state index in [1.54, 1.807) is 26.3 Å². The highest BCUT2D eigenvalue weighted by Gasteiger charge is 2.02. The first-order valence-corrected chi connectivity index (χ1v) is 8.79. The molecule has 0 saturated carbocycles. The van der Waals surface area contributed by atoms with E-state index in [0.29, 0.717) is 38.1 Å². The molecule has 0 saturated heterocycles. The molecule has 6 nitrogen and oxygen atoms in total. The van der Waals surface area contributed by atoms with Crippen LogP contribution in [0.4, 0.5) is 10.1 Å². The van der Waals surface area contributed by atoms with Crippen LogP contribution in [0.15, 0.2) is 53.5 Å². The average molecular weight is 503 g/mol. The summed E-state index contributed by atoms with van der Waals surface area (Å²) in [6.07, 6.45) is 0.836. The van der Waals surface area contributed by atoms with Crippen LogP contribution < -0.4 is 20.1 Å². The molecule has 8 heteroatoms. The molecule has 0 aromatic heterocycles. The Morgan fingerprint density at radius 3 is 2.43 bits per heavy atom. The lowest BCUT2D eigenvalue weighted by Gasteiger charge is -2.13. The van der Waals surface area contributed by atoms with E-state index >= 15 is 0 Å². The van der Waals surface area contributed by atoms with Gasteiger partial charge in [0.1, 0.15) is 23.9 Å². The summed E-state index contributed by atoms with van der Waals surface area (Å²) >= 11 is 0. The van der Waals surface area contributed by atoms with Gasteiger partial charge in [0, 0.05) is 45.0 Å². The zero-order chi connectivity index (χ0) is 19.3. The number of halogens is 2. The van der Waals surface area contributed by atoms with Crippen molar-refractivity contribution < 1.29 is 18.6 Å². The molecule has 0 atom stereocenters. The summed E-state index contributed by atoms with van der Waals surface area (Å²) in [5, 5.41) is 6.34. The second-order valence-corrected chi connectivity index (χ2v) is 5.65. The maximum absolute atomic E-state index is 13.1. The summed E-state index contributed by atoms with van der Waals surface area (Å²) in [6.45, 7) is 2.17. The molecule has 0 radical (unpaired) electrons. The Morgan fingerprint density at radius 1 is 1.00 bits per heavy atom. The largest absolute Gasteiger partial charge is 0.493 e. The molecule has 0 unspecified atom stereocenters. The van der Waals surface area contributed by atoms with Crippen LogP contribution in [-0.4, -0.2) is 46.5 Å². The van der Waals surface area contributed by atoms with Crippen molar-refractivity contribution >= 4 is 35.6 Å². The van der Waals surface area contributed by atoms with Gasteiger partial charge in [-0.15, -0.1) is 24.0 Å². The normalized spacial score (nSPS) is 10.8. The number of benzene rings is 2. The highest BCUT2D eigenvalue weighted by Crippen LogP contribution is 2.17. The van der Waals surface area contributed by atoms with Gasteiger partial charge in [-0.1, -0.05) is 12.1 Å². The van der Waals surface area contributed by atoms with Gasteiger partial charge in [0.2, 0.25) is 0 Å². The van der Waals surface area contributed by atoms with Gasteiger partial charge in [0.05, 0.1) is 13.2 Å². The van der Waals surface area contributed by atoms with Crippen molar-refractivity contribution in [1.82, 2.24) is 5.32 Å². The maximum atomic E-state index is 13.1. The first kappa shape index (κ1) is 24.0. The Morgan fingerprint density at radius 2 is 1.71 bits per heavy atom. The number of guanidine groups is 1. The molecule has 0 bridgehead atoms. The van der Waals surface area contributed by atoms with Crippen LogP contribution in [0.2, 0.25) is 0 Å². The third-order valence-electron chi connectivity index (χ3n) is 3.54. The molecule has 0 heterocycles. The quantitative estimate of drug-likeness (QED) is 0.223. The van der Waals surface area contributed by atoms with Gasteiger partial charge in [-0.05, 0) is 24.3 Å². The number of rotatable bonds is 10. The molecule has 2 N–H and O–H groups in total. The molecule has 2 rings (SSSR count). The fraction of sp³-hybridized carbons (Fsp3) is 0.350. The molecule has 0 aliphatic carbocycles. The van der Waals surface area contributed by atoms with Crippen molar-refractivity contribution in [2.45, 2.75) is 6.42 Å². The molecule has 0 fully saturated rings. The minimum Gasteiger partial charge on any atom is -0.493 e. The Hall–Kier alpha value is -2.07. The summed E-state index contributed by atoms with van der Waals surface area (Å²) < 4.78 is 29.3. The first-order valence-electron chi connectivity index (χ1n) is 8.79. The van der Waals surface area contributed by atoms with Gasteiger partial charge in [-0.25, -0.2) is 4.39 Å². The summed E-state index contributed by atoms with van der Waals surface area (Å²) in [7, 11) is 3.36. The predicted octanol–water partition coefficient (Wildman–Crippen LogP) is 3.93. The summed E-state index contributed by atoms with van der Waals surface area (Å²) in [5.41, 5.74) is 0.860. The SMILES string of the molecule is CN=C(NCCOc1cccc(F)c1)Nc1cccc(OCCCOC)c1.I. The zero-order valence-electron chi connectivity index (χ0n) is 16.1. The minimum absolute atomic E-state index is 0. The van der Waals surface area contributed by atoms with Crippen molar-refractivity contribution in [1.29, 1.82) is 0 Å². The number of anilines is 1. The first-order chi connectivity index (χ1) is 13.2. The van der Waals surface area contributed by atoms with E-state index in [1.807, 2.05) is 24.3 Å². The summed E-state index contributed by atoms with van der Waals surface area (Å²) in [4.78, 5) is 4.18. The molecule has 0 amide bonds. The Bertz CT molecular complexity index is 731. The van der Waals surface area contributed by atoms with Gasteiger partial charge in [0.25, 0.3) is 0 Å². The molecule has 0 aliphatic heterocycles. The van der Waals surface area contributed by atoms with Crippen LogP contribution in [-0.2, 0) is 4.74 Å². The number of methoxy groups -OCH3 is 1. The molecular formula is C20H27FIN3O3. The topological polar surface area (TPSA) is 64.1 Å². The lowest BCUT2D eigenvalue weighted by Crippen LogP contribution is -2.33. The molecule has 154 valence electrons. The molecule has 2 aromatic rings. The monoisotopic (exact) mass is 503 g/mol.